The highest BCUT2D eigenvalue weighted by atomic mass is 79.9. The van der Waals surface area contributed by atoms with Crippen molar-refractivity contribution >= 4 is 50.3 Å². The van der Waals surface area contributed by atoms with Gasteiger partial charge in [0.15, 0.2) is 0 Å². The molecule has 0 aliphatic carbocycles. The number of methoxy groups -OCH3 is 1. The number of halogens is 2. The van der Waals surface area contributed by atoms with E-state index in [0.29, 0.717) is 26.2 Å². The van der Waals surface area contributed by atoms with E-state index < -0.39 is 0 Å². The lowest BCUT2D eigenvalue weighted by molar-refractivity contribution is 0.104. The second kappa shape index (κ2) is 5.30. The number of thiophene rings is 1. The first kappa shape index (κ1) is 13.4. The van der Waals surface area contributed by atoms with Gasteiger partial charge in [-0.25, -0.2) is 0 Å². The fourth-order valence-electron chi connectivity index (χ4n) is 1.45. The van der Waals surface area contributed by atoms with Gasteiger partial charge in [-0.2, -0.15) is 0 Å². The number of hydrogen-bond acceptors (Lipinski definition) is 4. The van der Waals surface area contributed by atoms with Gasteiger partial charge in [0, 0.05) is 10.0 Å². The van der Waals surface area contributed by atoms with Crippen molar-refractivity contribution < 1.29 is 9.53 Å². The van der Waals surface area contributed by atoms with E-state index in [4.69, 9.17) is 22.1 Å². The van der Waals surface area contributed by atoms with Crippen LogP contribution in [0.2, 0.25) is 4.34 Å². The number of carbonyl (C=O) groups is 1. The first-order valence-corrected chi connectivity index (χ1v) is 6.94. The molecule has 0 radical (unpaired) electrons. The van der Waals surface area contributed by atoms with Gasteiger partial charge in [-0.3, -0.25) is 4.79 Å². The van der Waals surface area contributed by atoms with E-state index in [1.807, 2.05) is 0 Å². The van der Waals surface area contributed by atoms with Gasteiger partial charge in [0.1, 0.15) is 10.1 Å². The predicted molar refractivity (Wildman–Crippen MR) is 77.9 cm³/mol. The number of nitrogen functional groups attached to an aromatic ring is 1. The zero-order valence-electron chi connectivity index (χ0n) is 9.37. The standard InChI is InChI=1S/C12H9BrClNO2S/c1-17-9-4-6(2-3-8(9)15)11(16)10-5-7(13)12(14)18-10/h2-5H,15H2,1H3. The molecule has 6 heteroatoms. The normalized spacial score (nSPS) is 10.4. The summed E-state index contributed by atoms with van der Waals surface area (Å²) in [6.45, 7) is 0. The van der Waals surface area contributed by atoms with Crippen molar-refractivity contribution in [3.05, 3.63) is 43.5 Å². The molecule has 0 bridgehead atoms. The van der Waals surface area contributed by atoms with Crippen LogP contribution in [-0.4, -0.2) is 12.9 Å². The second-order valence-corrected chi connectivity index (χ2v) is 6.03. The minimum Gasteiger partial charge on any atom is -0.495 e. The molecule has 2 aromatic rings. The minimum atomic E-state index is -0.106. The number of carbonyl (C=O) groups excluding carboxylic acids is 1. The molecule has 0 amide bonds. The van der Waals surface area contributed by atoms with Gasteiger partial charge in [0.05, 0.1) is 17.7 Å². The fourth-order valence-corrected chi connectivity index (χ4v) is 3.12. The lowest BCUT2D eigenvalue weighted by Gasteiger charge is -2.05. The van der Waals surface area contributed by atoms with Crippen molar-refractivity contribution in [3.63, 3.8) is 0 Å². The van der Waals surface area contributed by atoms with Crippen LogP contribution < -0.4 is 10.5 Å². The predicted octanol–water partition coefficient (Wildman–Crippen LogP) is 3.99. The zero-order valence-corrected chi connectivity index (χ0v) is 12.5. The molecular formula is C12H9BrClNO2S. The van der Waals surface area contributed by atoms with Crippen molar-refractivity contribution in [1.82, 2.24) is 0 Å². The number of ketones is 1. The van der Waals surface area contributed by atoms with E-state index in [1.165, 1.54) is 18.4 Å². The number of anilines is 1. The number of hydrogen-bond donors (Lipinski definition) is 1. The first-order chi connectivity index (χ1) is 8.52. The highest BCUT2D eigenvalue weighted by molar-refractivity contribution is 9.10. The molecule has 0 saturated carbocycles. The zero-order chi connectivity index (χ0) is 13.3. The maximum absolute atomic E-state index is 12.2. The molecule has 0 aliphatic rings. The molecule has 0 unspecified atom stereocenters. The Morgan fingerprint density at radius 3 is 2.72 bits per heavy atom. The molecule has 94 valence electrons. The van der Waals surface area contributed by atoms with Gasteiger partial charge in [-0.15, -0.1) is 11.3 Å². The van der Waals surface area contributed by atoms with Crippen molar-refractivity contribution in [1.29, 1.82) is 0 Å². The van der Waals surface area contributed by atoms with E-state index in [2.05, 4.69) is 15.9 Å². The van der Waals surface area contributed by atoms with Gasteiger partial charge < -0.3 is 10.5 Å². The summed E-state index contributed by atoms with van der Waals surface area (Å²) in [7, 11) is 1.51. The average Bonchev–Trinajstić information content (AvgIpc) is 2.69. The Bertz CT molecular complexity index is 593. The van der Waals surface area contributed by atoms with Gasteiger partial charge in [0.2, 0.25) is 5.78 Å². The van der Waals surface area contributed by atoms with Crippen LogP contribution in [0.4, 0.5) is 5.69 Å². The Kier molecular flexibility index (Phi) is 3.94. The number of ether oxygens (including phenoxy) is 1. The summed E-state index contributed by atoms with van der Waals surface area (Å²) in [5.41, 5.74) is 6.72. The largest absolute Gasteiger partial charge is 0.495 e. The summed E-state index contributed by atoms with van der Waals surface area (Å²) in [6, 6.07) is 6.65. The van der Waals surface area contributed by atoms with Crippen molar-refractivity contribution in [3.8, 4) is 5.75 Å². The Morgan fingerprint density at radius 2 is 2.17 bits per heavy atom. The summed E-state index contributed by atoms with van der Waals surface area (Å²) in [5.74, 6) is 0.383. The van der Waals surface area contributed by atoms with Crippen molar-refractivity contribution in [2.24, 2.45) is 0 Å². The Balaban J connectivity index is 2.39. The third kappa shape index (κ3) is 2.53. The highest BCUT2D eigenvalue weighted by Gasteiger charge is 2.15. The maximum Gasteiger partial charge on any atom is 0.203 e. The molecule has 0 aliphatic heterocycles. The fraction of sp³-hybridized carbons (Fsp3) is 0.0833. The minimum absolute atomic E-state index is 0.106. The number of rotatable bonds is 3. The maximum atomic E-state index is 12.2. The molecular weight excluding hydrogens is 338 g/mol. The van der Waals surface area contributed by atoms with E-state index >= 15 is 0 Å². The smallest absolute Gasteiger partial charge is 0.203 e. The van der Waals surface area contributed by atoms with Crippen LogP contribution in [0, 0.1) is 0 Å². The first-order valence-electron chi connectivity index (χ1n) is 4.96. The molecule has 2 N–H and O–H groups in total. The van der Waals surface area contributed by atoms with Gasteiger partial charge in [0.25, 0.3) is 0 Å². The molecule has 1 heterocycles. The van der Waals surface area contributed by atoms with Crippen LogP contribution in [0.3, 0.4) is 0 Å². The third-order valence-corrected chi connectivity index (χ3v) is 4.84. The summed E-state index contributed by atoms with van der Waals surface area (Å²) < 4.78 is 6.37. The Morgan fingerprint density at radius 1 is 1.44 bits per heavy atom. The molecule has 0 fully saturated rings. The summed E-state index contributed by atoms with van der Waals surface area (Å²) in [6.07, 6.45) is 0. The van der Waals surface area contributed by atoms with E-state index in [-0.39, 0.29) is 5.78 Å². The number of benzene rings is 1. The summed E-state index contributed by atoms with van der Waals surface area (Å²) in [5, 5.41) is 0. The van der Waals surface area contributed by atoms with Gasteiger partial charge >= 0.3 is 0 Å². The molecule has 18 heavy (non-hydrogen) atoms. The Labute approximate surface area is 122 Å². The second-order valence-electron chi connectivity index (χ2n) is 3.52. The molecule has 1 aromatic heterocycles. The lowest BCUT2D eigenvalue weighted by atomic mass is 10.1. The van der Waals surface area contributed by atoms with Crippen LogP contribution >= 0.6 is 38.9 Å². The van der Waals surface area contributed by atoms with Crippen LogP contribution in [0.25, 0.3) is 0 Å². The summed E-state index contributed by atoms with van der Waals surface area (Å²) >= 11 is 10.4. The quantitative estimate of drug-likeness (QED) is 0.675. The van der Waals surface area contributed by atoms with Crippen molar-refractivity contribution in [2.45, 2.75) is 0 Å². The third-order valence-electron chi connectivity index (χ3n) is 2.36. The van der Waals surface area contributed by atoms with E-state index in [0.717, 1.165) is 4.47 Å². The topological polar surface area (TPSA) is 52.3 Å². The molecule has 0 atom stereocenters. The molecule has 2 rings (SSSR count). The van der Waals surface area contributed by atoms with E-state index in [9.17, 15) is 4.79 Å². The molecule has 0 saturated heterocycles. The van der Waals surface area contributed by atoms with Crippen molar-refractivity contribution in [2.75, 3.05) is 12.8 Å². The molecule has 1 aromatic carbocycles. The molecule has 3 nitrogen and oxygen atoms in total. The van der Waals surface area contributed by atoms with Crippen LogP contribution in [0.1, 0.15) is 15.2 Å². The van der Waals surface area contributed by atoms with Crippen LogP contribution in [0.15, 0.2) is 28.7 Å². The van der Waals surface area contributed by atoms with Gasteiger partial charge in [-0.05, 0) is 40.2 Å². The number of nitrogens with two attached hydrogens (primary N) is 1. The SMILES string of the molecule is COc1cc(C(=O)c2cc(Br)c(Cl)s2)ccc1N. The van der Waals surface area contributed by atoms with Crippen LogP contribution in [0.5, 0.6) is 5.75 Å². The Hall–Kier alpha value is -1.04. The highest BCUT2D eigenvalue weighted by Crippen LogP contribution is 2.34. The average molecular weight is 347 g/mol. The summed E-state index contributed by atoms with van der Waals surface area (Å²) in [4.78, 5) is 12.8. The van der Waals surface area contributed by atoms with E-state index in [1.54, 1.807) is 24.3 Å². The molecule has 0 spiro atoms. The van der Waals surface area contributed by atoms with Crippen LogP contribution in [-0.2, 0) is 0 Å². The monoisotopic (exact) mass is 345 g/mol. The lowest BCUT2D eigenvalue weighted by Crippen LogP contribution is -2.00. The van der Waals surface area contributed by atoms with Gasteiger partial charge in [-0.1, -0.05) is 11.6 Å².